The third-order valence-corrected chi connectivity index (χ3v) is 15.3. The summed E-state index contributed by atoms with van der Waals surface area (Å²) in [4.78, 5) is 35.3. The second kappa shape index (κ2) is 63.6. The lowest BCUT2D eigenvalue weighted by Gasteiger charge is -2.19. The van der Waals surface area contributed by atoms with Gasteiger partial charge in [-0.25, -0.2) is 4.57 Å². The van der Waals surface area contributed by atoms with Gasteiger partial charge < -0.3 is 20.1 Å². The average Bonchev–Trinajstić information content (AvgIpc) is 3.43. The maximum absolute atomic E-state index is 12.7. The molecule has 0 heterocycles. The van der Waals surface area contributed by atoms with Crippen LogP contribution < -0.4 is 5.73 Å². The normalized spacial score (nSPS) is 13.4. The van der Waals surface area contributed by atoms with Crippen LogP contribution in [-0.4, -0.2) is 49.3 Å². The monoisotopic (exact) mass is 1110 g/mol. The largest absolute Gasteiger partial charge is 0.472 e. The van der Waals surface area contributed by atoms with Crippen LogP contribution in [0.15, 0.2) is 72.9 Å². The molecule has 0 aromatic rings. The van der Waals surface area contributed by atoms with E-state index in [1.165, 1.54) is 199 Å². The third kappa shape index (κ3) is 62.6. The smallest absolute Gasteiger partial charge is 0.462 e. The van der Waals surface area contributed by atoms with Crippen molar-refractivity contribution in [3.8, 4) is 0 Å². The quantitative estimate of drug-likeness (QED) is 0.0264. The number of carbonyl (C=O) groups is 2. The van der Waals surface area contributed by atoms with Gasteiger partial charge >= 0.3 is 19.8 Å². The summed E-state index contributed by atoms with van der Waals surface area (Å²) in [7, 11) is -4.40. The highest BCUT2D eigenvalue weighted by Gasteiger charge is 2.26. The van der Waals surface area contributed by atoms with E-state index in [1.54, 1.807) is 0 Å². The molecule has 454 valence electrons. The lowest BCUT2D eigenvalue weighted by atomic mass is 10.0. The number of carbonyl (C=O) groups excluding carboxylic acids is 2. The number of hydrogen-bond acceptors (Lipinski definition) is 8. The summed E-state index contributed by atoms with van der Waals surface area (Å²) in [6.07, 6.45) is 82.7. The van der Waals surface area contributed by atoms with Crippen LogP contribution in [0.1, 0.15) is 316 Å². The molecule has 0 rings (SSSR count). The summed E-state index contributed by atoms with van der Waals surface area (Å²) in [5, 5.41) is 0. The predicted octanol–water partition coefficient (Wildman–Crippen LogP) is 21.2. The van der Waals surface area contributed by atoms with Gasteiger partial charge in [0.1, 0.15) is 6.61 Å². The number of hydrogen-bond donors (Lipinski definition) is 2. The van der Waals surface area contributed by atoms with E-state index in [0.29, 0.717) is 6.42 Å². The van der Waals surface area contributed by atoms with Crippen molar-refractivity contribution in [1.82, 2.24) is 0 Å². The standard InChI is InChI=1S/C68H124NO8P/c1-3-5-7-9-11-13-15-17-19-21-23-25-27-29-31-32-33-35-36-38-40-42-44-46-48-50-52-54-56-58-60-67(70)74-64-66(65-76-78(72,73)75-63-62-69)77-68(71)61-59-57-55-53-51-49-47-45-43-41-39-37-34-30-28-26-24-22-20-18-16-14-12-10-8-6-4-2/h6,8,12,14,18,20,24,26,30,34,39,41,66H,3-5,7,9-11,13,15-17,19,21-23,25,27-29,31-33,35-38,40,42-65,69H2,1-2H3,(H,72,73)/b8-6-,14-12-,20-18-,26-24-,34-30-,41-39-. The number of rotatable bonds is 62. The Morgan fingerprint density at radius 2 is 0.705 bits per heavy atom. The second-order valence-electron chi connectivity index (χ2n) is 22.0. The fraction of sp³-hybridized carbons (Fsp3) is 0.794. The number of ether oxygens (including phenoxy) is 2. The van der Waals surface area contributed by atoms with E-state index in [-0.39, 0.29) is 38.6 Å². The van der Waals surface area contributed by atoms with Gasteiger partial charge in [0.15, 0.2) is 6.10 Å². The van der Waals surface area contributed by atoms with Gasteiger partial charge in [-0.3, -0.25) is 18.6 Å². The molecule has 0 aromatic carbocycles. The molecule has 0 aliphatic rings. The van der Waals surface area contributed by atoms with Crippen molar-refractivity contribution in [2.45, 2.75) is 322 Å². The number of phosphoric ester groups is 1. The highest BCUT2D eigenvalue weighted by Crippen LogP contribution is 2.43. The number of unbranched alkanes of at least 4 members (excludes halogenated alkanes) is 37. The highest BCUT2D eigenvalue weighted by molar-refractivity contribution is 7.47. The van der Waals surface area contributed by atoms with E-state index >= 15 is 0 Å². The number of allylic oxidation sites excluding steroid dienone is 12. The Bertz CT molecular complexity index is 1510. The van der Waals surface area contributed by atoms with Crippen molar-refractivity contribution in [2.24, 2.45) is 5.73 Å². The van der Waals surface area contributed by atoms with E-state index < -0.39 is 26.5 Å². The molecule has 78 heavy (non-hydrogen) atoms. The summed E-state index contributed by atoms with van der Waals surface area (Å²) in [5.74, 6) is -0.827. The van der Waals surface area contributed by atoms with Gasteiger partial charge in [-0.05, 0) is 64.2 Å². The molecule has 0 saturated heterocycles. The zero-order valence-corrected chi connectivity index (χ0v) is 51.8. The Morgan fingerprint density at radius 3 is 1.05 bits per heavy atom. The molecular formula is C68H124NO8P. The summed E-state index contributed by atoms with van der Waals surface area (Å²) in [5.41, 5.74) is 5.39. The Labute approximate surface area is 482 Å². The van der Waals surface area contributed by atoms with E-state index in [2.05, 4.69) is 86.8 Å². The molecule has 0 amide bonds. The summed E-state index contributed by atoms with van der Waals surface area (Å²) < 4.78 is 33.1. The van der Waals surface area contributed by atoms with Crippen molar-refractivity contribution >= 4 is 19.8 Å². The molecule has 0 aliphatic heterocycles. The van der Waals surface area contributed by atoms with Gasteiger partial charge in [0, 0.05) is 19.4 Å². The highest BCUT2D eigenvalue weighted by atomic mass is 31.2. The zero-order valence-electron chi connectivity index (χ0n) is 50.9. The molecule has 3 N–H and O–H groups in total. The van der Waals surface area contributed by atoms with E-state index in [1.807, 2.05) is 0 Å². The van der Waals surface area contributed by atoms with Crippen LogP contribution in [0.3, 0.4) is 0 Å². The zero-order chi connectivity index (χ0) is 56.6. The SMILES string of the molecule is CC/C=C\C/C=C\C/C=C\C/C=C\C/C=C\C/C=C\CCCCCCCCCCC(=O)OC(COC(=O)CCCCCCCCCCCCCCCCCCCCCCCCCCCCCCCC)COP(=O)(O)OCCN. The first-order valence-electron chi connectivity index (χ1n) is 32.9. The fourth-order valence-corrected chi connectivity index (χ4v) is 10.3. The third-order valence-electron chi connectivity index (χ3n) is 14.4. The van der Waals surface area contributed by atoms with Crippen LogP contribution in [0.2, 0.25) is 0 Å². The van der Waals surface area contributed by atoms with Gasteiger partial charge in [-0.2, -0.15) is 0 Å². The molecule has 0 fully saturated rings. The first-order valence-corrected chi connectivity index (χ1v) is 34.4. The van der Waals surface area contributed by atoms with Gasteiger partial charge in [0.25, 0.3) is 0 Å². The maximum atomic E-state index is 12.7. The lowest BCUT2D eigenvalue weighted by Crippen LogP contribution is -2.29. The van der Waals surface area contributed by atoms with Crippen LogP contribution in [0.25, 0.3) is 0 Å². The topological polar surface area (TPSA) is 134 Å². The first-order chi connectivity index (χ1) is 38.3. The van der Waals surface area contributed by atoms with Crippen molar-refractivity contribution < 1.29 is 37.6 Å². The molecular weight excluding hydrogens is 990 g/mol. The molecule has 0 bridgehead atoms. The van der Waals surface area contributed by atoms with E-state index in [9.17, 15) is 19.0 Å². The van der Waals surface area contributed by atoms with Gasteiger partial charge in [0.05, 0.1) is 13.2 Å². The van der Waals surface area contributed by atoms with Gasteiger partial charge in [0.2, 0.25) is 0 Å². The number of esters is 2. The average molecular weight is 1110 g/mol. The minimum Gasteiger partial charge on any atom is -0.462 e. The van der Waals surface area contributed by atoms with Crippen LogP contribution in [0.4, 0.5) is 0 Å². The first kappa shape index (κ1) is 75.5. The van der Waals surface area contributed by atoms with Crippen molar-refractivity contribution in [3.63, 3.8) is 0 Å². The molecule has 0 spiro atoms. The molecule has 9 nitrogen and oxygen atoms in total. The number of phosphoric acid groups is 1. The van der Waals surface area contributed by atoms with Crippen molar-refractivity contribution in [3.05, 3.63) is 72.9 Å². The van der Waals surface area contributed by atoms with Crippen LogP contribution >= 0.6 is 7.82 Å². The molecule has 2 atom stereocenters. The minimum atomic E-state index is -4.40. The van der Waals surface area contributed by atoms with Gasteiger partial charge in [-0.15, -0.1) is 0 Å². The van der Waals surface area contributed by atoms with E-state index in [0.717, 1.165) is 83.5 Å². The lowest BCUT2D eigenvalue weighted by molar-refractivity contribution is -0.161. The van der Waals surface area contributed by atoms with E-state index in [4.69, 9.17) is 24.3 Å². The van der Waals surface area contributed by atoms with Crippen LogP contribution in [0.5, 0.6) is 0 Å². The summed E-state index contributed by atoms with van der Waals surface area (Å²) >= 11 is 0. The van der Waals surface area contributed by atoms with Crippen molar-refractivity contribution in [1.29, 1.82) is 0 Å². The fourth-order valence-electron chi connectivity index (χ4n) is 9.53. The Kier molecular flexibility index (Phi) is 61.5. The molecule has 0 aliphatic carbocycles. The molecule has 0 radical (unpaired) electrons. The Hall–Kier alpha value is -2.55. The molecule has 2 unspecified atom stereocenters. The maximum Gasteiger partial charge on any atom is 0.472 e. The molecule has 10 heteroatoms. The van der Waals surface area contributed by atoms with Crippen LogP contribution in [-0.2, 0) is 32.7 Å². The Balaban J connectivity index is 3.91. The van der Waals surface area contributed by atoms with Crippen molar-refractivity contribution in [2.75, 3.05) is 26.4 Å². The molecule has 0 aromatic heterocycles. The minimum absolute atomic E-state index is 0.0503. The summed E-state index contributed by atoms with van der Waals surface area (Å²) in [6, 6.07) is 0. The predicted molar refractivity (Wildman–Crippen MR) is 335 cm³/mol. The Morgan fingerprint density at radius 1 is 0.397 bits per heavy atom. The van der Waals surface area contributed by atoms with Crippen LogP contribution in [0, 0.1) is 0 Å². The number of nitrogens with two attached hydrogens (primary N) is 1. The second-order valence-corrected chi connectivity index (χ2v) is 23.4. The van der Waals surface area contributed by atoms with Gasteiger partial charge in [-0.1, -0.05) is 311 Å². The molecule has 0 saturated carbocycles. The summed E-state index contributed by atoms with van der Waals surface area (Å²) in [6.45, 7) is 3.67.